The molecule has 0 aromatic heterocycles. The Morgan fingerprint density at radius 2 is 1.19 bits per heavy atom. The molecule has 0 saturated heterocycles. The lowest BCUT2D eigenvalue weighted by Gasteiger charge is -2.60. The van der Waals surface area contributed by atoms with Crippen molar-refractivity contribution in [2.24, 2.45) is 11.8 Å². The summed E-state index contributed by atoms with van der Waals surface area (Å²) in [4.78, 5) is 0. The molecule has 0 heterocycles. The second-order valence-electron chi connectivity index (χ2n) is 8.38. The first kappa shape index (κ1) is 14.8. The molecule has 0 amide bonds. The van der Waals surface area contributed by atoms with Gasteiger partial charge in [-0.3, -0.25) is 0 Å². The molecule has 128 valence electrons. The lowest BCUT2D eigenvalue weighted by atomic mass is 9.43. The Balaban J connectivity index is 1.78. The number of benzene rings is 3. The highest BCUT2D eigenvalue weighted by Crippen LogP contribution is 2.66. The average molecular weight is 336 g/mol. The maximum atomic E-state index is 2.43. The minimum absolute atomic E-state index is 0.0360. The van der Waals surface area contributed by atoms with E-state index in [0.29, 0.717) is 5.92 Å². The van der Waals surface area contributed by atoms with Crippen molar-refractivity contribution in [2.45, 2.75) is 37.0 Å². The number of hydrogen-bond donors (Lipinski definition) is 0. The van der Waals surface area contributed by atoms with E-state index in [0.717, 1.165) is 11.8 Å². The van der Waals surface area contributed by atoms with Crippen molar-refractivity contribution in [1.82, 2.24) is 0 Å². The molecule has 1 fully saturated rings. The maximum Gasteiger partial charge on any atom is 0.0488 e. The Morgan fingerprint density at radius 3 is 1.88 bits per heavy atom. The van der Waals surface area contributed by atoms with Crippen molar-refractivity contribution in [1.29, 1.82) is 0 Å². The van der Waals surface area contributed by atoms with Crippen LogP contribution in [0.25, 0.3) is 0 Å². The highest BCUT2D eigenvalue weighted by molar-refractivity contribution is 5.66. The van der Waals surface area contributed by atoms with Crippen LogP contribution in [0.5, 0.6) is 0 Å². The molecule has 2 atom stereocenters. The largest absolute Gasteiger partial charge is 0.0622 e. The van der Waals surface area contributed by atoms with Crippen molar-refractivity contribution in [3.63, 3.8) is 0 Å². The lowest BCUT2D eigenvalue weighted by molar-refractivity contribution is 0.123. The molecule has 7 rings (SSSR count). The summed E-state index contributed by atoms with van der Waals surface area (Å²) < 4.78 is 0. The van der Waals surface area contributed by atoms with Crippen LogP contribution in [-0.2, 0) is 5.41 Å². The Bertz CT molecular complexity index is 921. The third-order valence-electron chi connectivity index (χ3n) is 7.47. The van der Waals surface area contributed by atoms with Gasteiger partial charge in [0.2, 0.25) is 0 Å². The molecular weight excluding hydrogens is 312 g/mol. The van der Waals surface area contributed by atoms with Crippen LogP contribution in [0.4, 0.5) is 0 Å². The molecule has 0 heteroatoms. The van der Waals surface area contributed by atoms with Gasteiger partial charge in [0.25, 0.3) is 0 Å². The zero-order chi connectivity index (χ0) is 17.1. The number of rotatable bonds is 1. The molecule has 26 heavy (non-hydrogen) atoms. The van der Waals surface area contributed by atoms with Crippen molar-refractivity contribution in [3.05, 3.63) is 107 Å². The standard InChI is InChI=1S/C26H24/c1-2-10-18(11-3-1)26-22-15-7-4-12-19(22)25(20-13-5-8-16-23(20)26)21-14-6-9-17-24(21)26/h1-5,7-8,10-13,15-16,21,24-25H,6,9,14,17H2/t21-,24+,25?,26?/m1/s1. The van der Waals surface area contributed by atoms with Gasteiger partial charge in [-0.1, -0.05) is 91.7 Å². The summed E-state index contributed by atoms with van der Waals surface area (Å²) in [6.45, 7) is 0. The van der Waals surface area contributed by atoms with Gasteiger partial charge >= 0.3 is 0 Å². The first-order valence-corrected chi connectivity index (χ1v) is 10.2. The molecule has 0 spiro atoms. The fourth-order valence-corrected chi connectivity index (χ4v) is 6.75. The first-order chi connectivity index (χ1) is 12.9. The van der Waals surface area contributed by atoms with E-state index in [1.54, 1.807) is 22.3 Å². The third kappa shape index (κ3) is 1.66. The first-order valence-electron chi connectivity index (χ1n) is 10.2. The summed E-state index contributed by atoms with van der Waals surface area (Å²) in [6.07, 6.45) is 5.52. The van der Waals surface area contributed by atoms with Crippen LogP contribution in [-0.4, -0.2) is 0 Å². The van der Waals surface area contributed by atoms with Gasteiger partial charge in [-0.2, -0.15) is 0 Å². The van der Waals surface area contributed by atoms with Gasteiger partial charge < -0.3 is 0 Å². The minimum atomic E-state index is 0.0360. The minimum Gasteiger partial charge on any atom is -0.0622 e. The molecule has 0 aliphatic heterocycles. The summed E-state index contributed by atoms with van der Waals surface area (Å²) >= 11 is 0. The molecule has 2 bridgehead atoms. The normalized spacial score (nSPS) is 31.0. The van der Waals surface area contributed by atoms with E-state index in [-0.39, 0.29) is 5.41 Å². The second kappa shape index (κ2) is 5.33. The van der Waals surface area contributed by atoms with Crippen LogP contribution in [0.3, 0.4) is 0 Å². The third-order valence-corrected chi connectivity index (χ3v) is 7.47. The van der Waals surface area contributed by atoms with Gasteiger partial charge in [0.05, 0.1) is 0 Å². The van der Waals surface area contributed by atoms with Crippen molar-refractivity contribution in [3.8, 4) is 0 Å². The van der Waals surface area contributed by atoms with E-state index in [1.807, 2.05) is 0 Å². The molecular formula is C26H24. The lowest BCUT2D eigenvalue weighted by Crippen LogP contribution is -2.53. The van der Waals surface area contributed by atoms with E-state index >= 15 is 0 Å². The summed E-state index contributed by atoms with van der Waals surface area (Å²) in [6, 6.07) is 30.1. The summed E-state index contributed by atoms with van der Waals surface area (Å²) in [5, 5.41) is 0. The molecule has 1 saturated carbocycles. The monoisotopic (exact) mass is 336 g/mol. The molecule has 0 unspecified atom stereocenters. The molecule has 3 aromatic carbocycles. The highest BCUT2D eigenvalue weighted by Gasteiger charge is 2.59. The Labute approximate surface area is 155 Å². The maximum absolute atomic E-state index is 2.43. The number of hydrogen-bond acceptors (Lipinski definition) is 0. The van der Waals surface area contributed by atoms with Crippen LogP contribution in [0.15, 0.2) is 78.9 Å². The van der Waals surface area contributed by atoms with Crippen molar-refractivity contribution < 1.29 is 0 Å². The Hall–Kier alpha value is -2.34. The van der Waals surface area contributed by atoms with Crippen LogP contribution >= 0.6 is 0 Å². The molecule has 0 nitrogen and oxygen atoms in total. The predicted molar refractivity (Wildman–Crippen MR) is 106 cm³/mol. The highest BCUT2D eigenvalue weighted by atomic mass is 14.6. The second-order valence-corrected chi connectivity index (χ2v) is 8.38. The van der Waals surface area contributed by atoms with Gasteiger partial charge in [0.1, 0.15) is 0 Å². The summed E-state index contributed by atoms with van der Waals surface area (Å²) in [5.41, 5.74) is 7.89. The molecule has 4 aliphatic rings. The van der Waals surface area contributed by atoms with Gasteiger partial charge in [-0.25, -0.2) is 0 Å². The van der Waals surface area contributed by atoms with E-state index in [4.69, 9.17) is 0 Å². The predicted octanol–water partition coefficient (Wildman–Crippen LogP) is 6.29. The Kier molecular flexibility index (Phi) is 3.03. The zero-order valence-electron chi connectivity index (χ0n) is 15.1. The van der Waals surface area contributed by atoms with Gasteiger partial charge in [-0.05, 0) is 52.5 Å². The van der Waals surface area contributed by atoms with E-state index in [9.17, 15) is 0 Å². The molecule has 3 aromatic rings. The van der Waals surface area contributed by atoms with Crippen molar-refractivity contribution >= 4 is 0 Å². The smallest absolute Gasteiger partial charge is 0.0488 e. The topological polar surface area (TPSA) is 0 Å². The Morgan fingerprint density at radius 1 is 0.615 bits per heavy atom. The van der Waals surface area contributed by atoms with Crippen LogP contribution in [0.2, 0.25) is 0 Å². The summed E-state index contributed by atoms with van der Waals surface area (Å²) in [7, 11) is 0. The quantitative estimate of drug-likeness (QED) is 0.490. The van der Waals surface area contributed by atoms with E-state index in [1.165, 1.54) is 31.2 Å². The van der Waals surface area contributed by atoms with E-state index < -0.39 is 0 Å². The SMILES string of the molecule is c1ccc(C23c4ccccc4C(c4ccccc42)[C@@H]2CCCC[C@@H]23)cc1. The van der Waals surface area contributed by atoms with E-state index in [2.05, 4.69) is 78.9 Å². The zero-order valence-corrected chi connectivity index (χ0v) is 15.1. The molecule has 0 radical (unpaired) electrons. The fraction of sp³-hybridized carbons (Fsp3) is 0.308. The van der Waals surface area contributed by atoms with Crippen LogP contribution in [0.1, 0.15) is 59.4 Å². The van der Waals surface area contributed by atoms with Gasteiger partial charge in [0.15, 0.2) is 0 Å². The van der Waals surface area contributed by atoms with Gasteiger partial charge in [0, 0.05) is 11.3 Å². The fourth-order valence-electron chi connectivity index (χ4n) is 6.75. The van der Waals surface area contributed by atoms with Crippen molar-refractivity contribution in [2.75, 3.05) is 0 Å². The van der Waals surface area contributed by atoms with Crippen LogP contribution < -0.4 is 0 Å². The van der Waals surface area contributed by atoms with Crippen LogP contribution in [0, 0.1) is 11.8 Å². The molecule has 4 aliphatic carbocycles. The molecule has 0 N–H and O–H groups in total. The summed E-state index contributed by atoms with van der Waals surface area (Å²) in [5.74, 6) is 2.11. The average Bonchev–Trinajstić information content (AvgIpc) is 2.74. The van der Waals surface area contributed by atoms with Gasteiger partial charge in [-0.15, -0.1) is 0 Å².